The van der Waals surface area contributed by atoms with E-state index in [9.17, 15) is 13.6 Å². The molecule has 0 unspecified atom stereocenters. The van der Waals surface area contributed by atoms with Crippen LogP contribution in [-0.2, 0) is 14.9 Å². The van der Waals surface area contributed by atoms with Gasteiger partial charge in [-0.1, -0.05) is 30.3 Å². The van der Waals surface area contributed by atoms with Gasteiger partial charge in [-0.2, -0.15) is 0 Å². The van der Waals surface area contributed by atoms with E-state index in [4.69, 9.17) is 4.74 Å². The van der Waals surface area contributed by atoms with E-state index in [1.54, 1.807) is 31.2 Å². The molecule has 1 saturated carbocycles. The fourth-order valence-corrected chi connectivity index (χ4v) is 3.23. The Morgan fingerprint density at radius 1 is 1.08 bits per heavy atom. The molecule has 0 bridgehead atoms. The standard InChI is InChI=1S/C20H18F2O2/c1-2-24-19(23)12-7-16-13-20(16,14-3-8-17(21)9-4-14)15-5-10-18(22)11-6-15/h3-12,16H,2,13H2,1H3/b12-7+/t16-/m0/s1. The first-order chi connectivity index (χ1) is 11.6. The minimum atomic E-state index is -0.378. The Morgan fingerprint density at radius 3 is 2.04 bits per heavy atom. The smallest absolute Gasteiger partial charge is 0.330 e. The summed E-state index contributed by atoms with van der Waals surface area (Å²) in [4.78, 5) is 11.5. The minimum absolute atomic E-state index is 0.0813. The fourth-order valence-electron chi connectivity index (χ4n) is 3.23. The van der Waals surface area contributed by atoms with Crippen molar-refractivity contribution in [3.63, 3.8) is 0 Å². The highest BCUT2D eigenvalue weighted by Gasteiger charge is 2.55. The molecule has 124 valence electrons. The van der Waals surface area contributed by atoms with Gasteiger partial charge in [0.1, 0.15) is 11.6 Å². The van der Waals surface area contributed by atoms with Gasteiger partial charge in [-0.15, -0.1) is 0 Å². The SMILES string of the molecule is CCOC(=O)/C=C/[C@H]1CC1(c1ccc(F)cc1)c1ccc(F)cc1. The zero-order valence-electron chi connectivity index (χ0n) is 13.3. The van der Waals surface area contributed by atoms with E-state index < -0.39 is 0 Å². The number of carbonyl (C=O) groups is 1. The van der Waals surface area contributed by atoms with Crippen molar-refractivity contribution in [2.24, 2.45) is 5.92 Å². The molecule has 0 N–H and O–H groups in total. The Hall–Kier alpha value is -2.49. The zero-order valence-corrected chi connectivity index (χ0v) is 13.3. The van der Waals surface area contributed by atoms with Crippen molar-refractivity contribution in [3.05, 3.63) is 83.4 Å². The maximum absolute atomic E-state index is 13.3. The lowest BCUT2D eigenvalue weighted by Crippen LogP contribution is -2.12. The third-order valence-electron chi connectivity index (χ3n) is 4.48. The number of hydrogen-bond acceptors (Lipinski definition) is 2. The third-order valence-corrected chi connectivity index (χ3v) is 4.48. The van der Waals surface area contributed by atoms with Crippen molar-refractivity contribution in [1.82, 2.24) is 0 Å². The maximum Gasteiger partial charge on any atom is 0.330 e. The van der Waals surface area contributed by atoms with Crippen molar-refractivity contribution in [1.29, 1.82) is 0 Å². The van der Waals surface area contributed by atoms with Gasteiger partial charge in [-0.05, 0) is 54.7 Å². The summed E-state index contributed by atoms with van der Waals surface area (Å²) >= 11 is 0. The van der Waals surface area contributed by atoms with Gasteiger partial charge in [0.25, 0.3) is 0 Å². The molecule has 2 aromatic rings. The quantitative estimate of drug-likeness (QED) is 0.601. The highest BCUT2D eigenvalue weighted by atomic mass is 19.1. The van der Waals surface area contributed by atoms with Crippen LogP contribution >= 0.6 is 0 Å². The molecule has 1 aliphatic rings. The average Bonchev–Trinajstić information content (AvgIpc) is 3.30. The third kappa shape index (κ3) is 3.09. The van der Waals surface area contributed by atoms with Crippen molar-refractivity contribution in [2.75, 3.05) is 6.61 Å². The second-order valence-corrected chi connectivity index (χ2v) is 5.91. The van der Waals surface area contributed by atoms with E-state index in [0.29, 0.717) is 6.61 Å². The number of benzene rings is 2. The maximum atomic E-state index is 13.3. The van der Waals surface area contributed by atoms with Crippen molar-refractivity contribution in [3.8, 4) is 0 Å². The second kappa shape index (κ2) is 6.56. The van der Waals surface area contributed by atoms with Crippen LogP contribution in [0, 0.1) is 17.6 Å². The van der Waals surface area contributed by atoms with Gasteiger partial charge in [-0.3, -0.25) is 0 Å². The molecule has 2 nitrogen and oxygen atoms in total. The first-order valence-corrected chi connectivity index (χ1v) is 7.93. The largest absolute Gasteiger partial charge is 0.463 e. The van der Waals surface area contributed by atoms with Crippen LogP contribution in [0.3, 0.4) is 0 Å². The van der Waals surface area contributed by atoms with Crippen LogP contribution in [0.4, 0.5) is 8.78 Å². The van der Waals surface area contributed by atoms with Crippen LogP contribution in [0.2, 0.25) is 0 Å². The number of rotatable bonds is 5. The number of esters is 1. The molecule has 0 aromatic heterocycles. The van der Waals surface area contributed by atoms with Crippen LogP contribution in [-0.4, -0.2) is 12.6 Å². The van der Waals surface area contributed by atoms with Gasteiger partial charge >= 0.3 is 5.97 Å². The minimum Gasteiger partial charge on any atom is -0.463 e. The molecular formula is C20H18F2O2. The summed E-state index contributed by atoms with van der Waals surface area (Å²) in [7, 11) is 0. The van der Waals surface area contributed by atoms with Gasteiger partial charge in [-0.25, -0.2) is 13.6 Å². The molecule has 0 saturated heterocycles. The topological polar surface area (TPSA) is 26.3 Å². The Balaban J connectivity index is 1.93. The molecule has 24 heavy (non-hydrogen) atoms. The van der Waals surface area contributed by atoms with Crippen molar-refractivity contribution < 1.29 is 18.3 Å². The van der Waals surface area contributed by atoms with Gasteiger partial charge in [0.15, 0.2) is 0 Å². The molecule has 0 spiro atoms. The number of halogens is 2. The van der Waals surface area contributed by atoms with Crippen LogP contribution in [0.5, 0.6) is 0 Å². The lowest BCUT2D eigenvalue weighted by Gasteiger charge is -2.18. The van der Waals surface area contributed by atoms with Crippen LogP contribution in [0.25, 0.3) is 0 Å². The summed E-state index contributed by atoms with van der Waals surface area (Å²) in [5.41, 5.74) is 1.55. The molecule has 0 amide bonds. The molecule has 1 fully saturated rings. The van der Waals surface area contributed by atoms with Gasteiger partial charge in [0, 0.05) is 11.5 Å². The highest BCUT2D eigenvalue weighted by molar-refractivity contribution is 5.82. The summed E-state index contributed by atoms with van der Waals surface area (Å²) in [6, 6.07) is 12.7. The van der Waals surface area contributed by atoms with E-state index in [0.717, 1.165) is 17.5 Å². The summed E-state index contributed by atoms with van der Waals surface area (Å²) in [6.45, 7) is 2.08. The predicted molar refractivity (Wildman–Crippen MR) is 87.5 cm³/mol. The Bertz CT molecular complexity index is 703. The molecule has 0 aliphatic heterocycles. The van der Waals surface area contributed by atoms with E-state index in [1.807, 2.05) is 6.08 Å². The van der Waals surface area contributed by atoms with Gasteiger partial charge in [0.2, 0.25) is 0 Å². The Morgan fingerprint density at radius 2 is 1.58 bits per heavy atom. The lowest BCUT2D eigenvalue weighted by molar-refractivity contribution is -0.137. The summed E-state index contributed by atoms with van der Waals surface area (Å²) < 4.78 is 31.4. The van der Waals surface area contributed by atoms with Gasteiger partial charge < -0.3 is 4.74 Å². The van der Waals surface area contributed by atoms with Crippen molar-refractivity contribution in [2.45, 2.75) is 18.8 Å². The fraction of sp³-hybridized carbons (Fsp3) is 0.250. The van der Waals surface area contributed by atoms with E-state index in [2.05, 4.69) is 0 Å². The van der Waals surface area contributed by atoms with E-state index in [1.165, 1.54) is 30.3 Å². The molecule has 2 aromatic carbocycles. The molecule has 1 atom stereocenters. The monoisotopic (exact) mass is 328 g/mol. The number of ether oxygens (including phenoxy) is 1. The molecular weight excluding hydrogens is 310 g/mol. The molecule has 1 aliphatic carbocycles. The first kappa shape index (κ1) is 16.4. The number of carbonyl (C=O) groups excluding carboxylic acids is 1. The second-order valence-electron chi connectivity index (χ2n) is 5.91. The number of allylic oxidation sites excluding steroid dienone is 1. The Labute approximate surface area is 139 Å². The normalized spacial score (nSPS) is 18.5. The van der Waals surface area contributed by atoms with Crippen LogP contribution < -0.4 is 0 Å². The zero-order chi connectivity index (χ0) is 17.2. The molecule has 0 heterocycles. The first-order valence-electron chi connectivity index (χ1n) is 7.93. The molecule has 3 rings (SSSR count). The number of hydrogen-bond donors (Lipinski definition) is 0. The molecule has 4 heteroatoms. The van der Waals surface area contributed by atoms with Crippen LogP contribution in [0.15, 0.2) is 60.7 Å². The van der Waals surface area contributed by atoms with E-state index >= 15 is 0 Å². The van der Waals surface area contributed by atoms with Crippen molar-refractivity contribution >= 4 is 5.97 Å². The van der Waals surface area contributed by atoms with Crippen LogP contribution in [0.1, 0.15) is 24.5 Å². The summed E-state index contributed by atoms with van der Waals surface area (Å²) in [5.74, 6) is -0.895. The summed E-state index contributed by atoms with van der Waals surface area (Å²) in [6.07, 6.45) is 4.04. The highest BCUT2D eigenvalue weighted by Crippen LogP contribution is 2.59. The van der Waals surface area contributed by atoms with Gasteiger partial charge in [0.05, 0.1) is 6.61 Å². The summed E-state index contributed by atoms with van der Waals surface area (Å²) in [5, 5.41) is 0. The van der Waals surface area contributed by atoms with E-state index in [-0.39, 0.29) is 28.9 Å². The predicted octanol–water partition coefficient (Wildman–Crippen LogP) is 4.39. The average molecular weight is 328 g/mol. The Kier molecular flexibility index (Phi) is 4.47. The lowest BCUT2D eigenvalue weighted by atomic mass is 9.85. The molecule has 0 radical (unpaired) electrons.